The van der Waals surface area contributed by atoms with Crippen LogP contribution in [-0.4, -0.2) is 19.7 Å². The minimum Gasteiger partial charge on any atom is -0.326 e. The third-order valence-corrected chi connectivity index (χ3v) is 6.15. The zero-order valence-corrected chi connectivity index (χ0v) is 12.0. The zero-order chi connectivity index (χ0) is 14.3. The van der Waals surface area contributed by atoms with Gasteiger partial charge < -0.3 is 5.73 Å². The minimum atomic E-state index is -3.35. The van der Waals surface area contributed by atoms with Gasteiger partial charge in [0.2, 0.25) is 0 Å². The first-order valence-electron chi connectivity index (χ1n) is 6.63. The highest BCUT2D eigenvalue weighted by atomic mass is 32.2. The molecule has 4 heteroatoms. The third-order valence-electron chi connectivity index (χ3n) is 3.90. The van der Waals surface area contributed by atoms with E-state index in [9.17, 15) is 8.42 Å². The highest BCUT2D eigenvalue weighted by Crippen LogP contribution is 2.46. The molecule has 2 aromatic rings. The molecule has 0 aliphatic heterocycles. The van der Waals surface area contributed by atoms with Gasteiger partial charge >= 0.3 is 0 Å². The predicted molar refractivity (Wildman–Crippen MR) is 79.3 cm³/mol. The number of benzene rings is 2. The monoisotopic (exact) mass is 287 g/mol. The molecule has 0 aromatic heterocycles. The lowest BCUT2D eigenvalue weighted by Crippen LogP contribution is -2.15. The predicted octanol–water partition coefficient (Wildman–Crippen LogP) is 2.26. The van der Waals surface area contributed by atoms with E-state index < -0.39 is 15.1 Å². The van der Waals surface area contributed by atoms with Crippen molar-refractivity contribution >= 4 is 9.84 Å². The Morgan fingerprint density at radius 2 is 1.55 bits per heavy atom. The molecule has 1 aliphatic carbocycles. The molecular weight excluding hydrogens is 270 g/mol. The van der Waals surface area contributed by atoms with E-state index in [0.717, 1.165) is 11.1 Å². The molecule has 3 rings (SSSR count). The SMILES string of the molecule is Cc1ccc(S(=O)(=O)[C@H]2[C@H](N)[C@@H]2c2ccccc2)cc1. The van der Waals surface area contributed by atoms with Gasteiger partial charge in [0.15, 0.2) is 9.84 Å². The summed E-state index contributed by atoms with van der Waals surface area (Å²) in [5.74, 6) is -0.0949. The van der Waals surface area contributed by atoms with E-state index in [0.29, 0.717) is 4.90 Å². The van der Waals surface area contributed by atoms with Gasteiger partial charge in [-0.2, -0.15) is 0 Å². The van der Waals surface area contributed by atoms with Crippen molar-refractivity contribution in [2.45, 2.75) is 29.0 Å². The minimum absolute atomic E-state index is 0.0949. The fourth-order valence-corrected chi connectivity index (χ4v) is 4.72. The van der Waals surface area contributed by atoms with Crippen molar-refractivity contribution in [3.05, 3.63) is 65.7 Å². The molecule has 0 amide bonds. The van der Waals surface area contributed by atoms with Crippen LogP contribution >= 0.6 is 0 Å². The molecule has 0 heterocycles. The molecule has 20 heavy (non-hydrogen) atoms. The van der Waals surface area contributed by atoms with Crippen molar-refractivity contribution < 1.29 is 8.42 Å². The highest BCUT2D eigenvalue weighted by Gasteiger charge is 2.56. The number of sulfone groups is 1. The fraction of sp³-hybridized carbons (Fsp3) is 0.250. The van der Waals surface area contributed by atoms with Crippen LogP contribution in [-0.2, 0) is 9.84 Å². The summed E-state index contributed by atoms with van der Waals surface area (Å²) in [5.41, 5.74) is 8.06. The van der Waals surface area contributed by atoms with Gasteiger partial charge in [0.05, 0.1) is 10.1 Å². The van der Waals surface area contributed by atoms with E-state index in [1.54, 1.807) is 12.1 Å². The number of hydrogen-bond donors (Lipinski definition) is 1. The van der Waals surface area contributed by atoms with E-state index in [1.807, 2.05) is 49.4 Å². The third kappa shape index (κ3) is 2.15. The van der Waals surface area contributed by atoms with Crippen LogP contribution in [0.3, 0.4) is 0 Å². The number of rotatable bonds is 3. The molecule has 3 nitrogen and oxygen atoms in total. The van der Waals surface area contributed by atoms with Gasteiger partial charge in [-0.15, -0.1) is 0 Å². The summed E-state index contributed by atoms with van der Waals surface area (Å²) in [5, 5.41) is -0.507. The first-order chi connectivity index (χ1) is 9.51. The average molecular weight is 287 g/mol. The quantitative estimate of drug-likeness (QED) is 0.942. The summed E-state index contributed by atoms with van der Waals surface area (Å²) in [6.07, 6.45) is 0. The van der Waals surface area contributed by atoms with E-state index in [4.69, 9.17) is 5.73 Å². The van der Waals surface area contributed by atoms with Gasteiger partial charge in [-0.25, -0.2) is 8.42 Å². The largest absolute Gasteiger partial charge is 0.326 e. The molecule has 0 radical (unpaired) electrons. The van der Waals surface area contributed by atoms with Crippen LogP contribution < -0.4 is 5.73 Å². The Labute approximate surface area is 119 Å². The van der Waals surface area contributed by atoms with Crippen LogP contribution in [0.2, 0.25) is 0 Å². The Bertz CT molecular complexity index is 708. The van der Waals surface area contributed by atoms with Crippen molar-refractivity contribution in [3.8, 4) is 0 Å². The van der Waals surface area contributed by atoms with Crippen LogP contribution in [0.5, 0.6) is 0 Å². The number of aryl methyl sites for hydroxylation is 1. The average Bonchev–Trinajstić information content (AvgIpc) is 3.13. The fourth-order valence-electron chi connectivity index (χ4n) is 2.68. The number of hydrogen-bond acceptors (Lipinski definition) is 3. The molecule has 104 valence electrons. The van der Waals surface area contributed by atoms with Crippen LogP contribution in [0.15, 0.2) is 59.5 Å². The van der Waals surface area contributed by atoms with Gasteiger partial charge in [-0.1, -0.05) is 48.0 Å². The Morgan fingerprint density at radius 1 is 0.950 bits per heavy atom. The summed E-state index contributed by atoms with van der Waals surface area (Å²) < 4.78 is 25.2. The topological polar surface area (TPSA) is 60.2 Å². The second kappa shape index (κ2) is 4.72. The van der Waals surface area contributed by atoms with Crippen LogP contribution in [0, 0.1) is 6.92 Å². The van der Waals surface area contributed by atoms with E-state index in [2.05, 4.69) is 0 Å². The first-order valence-corrected chi connectivity index (χ1v) is 8.17. The maximum absolute atomic E-state index is 12.6. The molecular formula is C16H17NO2S. The summed E-state index contributed by atoms with van der Waals surface area (Å²) in [6.45, 7) is 1.94. The van der Waals surface area contributed by atoms with Crippen molar-refractivity contribution in [1.82, 2.24) is 0 Å². The molecule has 0 spiro atoms. The number of nitrogens with two attached hydrogens (primary N) is 1. The maximum Gasteiger partial charge on any atom is 0.183 e. The van der Waals surface area contributed by atoms with Crippen LogP contribution in [0.1, 0.15) is 17.0 Å². The van der Waals surface area contributed by atoms with E-state index >= 15 is 0 Å². The van der Waals surface area contributed by atoms with E-state index in [-0.39, 0.29) is 12.0 Å². The Morgan fingerprint density at radius 3 is 2.15 bits per heavy atom. The lowest BCUT2D eigenvalue weighted by Gasteiger charge is -2.04. The summed E-state index contributed by atoms with van der Waals surface area (Å²) >= 11 is 0. The van der Waals surface area contributed by atoms with Crippen molar-refractivity contribution in [2.75, 3.05) is 0 Å². The van der Waals surface area contributed by atoms with Crippen molar-refractivity contribution in [1.29, 1.82) is 0 Å². The maximum atomic E-state index is 12.6. The molecule has 2 N–H and O–H groups in total. The molecule has 0 saturated heterocycles. The van der Waals surface area contributed by atoms with Crippen LogP contribution in [0.4, 0.5) is 0 Å². The van der Waals surface area contributed by atoms with Crippen molar-refractivity contribution in [2.24, 2.45) is 5.73 Å². The van der Waals surface area contributed by atoms with Gasteiger partial charge in [0.1, 0.15) is 0 Å². The molecule has 0 unspecified atom stereocenters. The Kier molecular flexibility index (Phi) is 3.15. The molecule has 1 saturated carbocycles. The van der Waals surface area contributed by atoms with E-state index in [1.165, 1.54) is 0 Å². The second-order valence-electron chi connectivity index (χ2n) is 5.34. The molecule has 1 aliphatic rings. The first kappa shape index (κ1) is 13.3. The van der Waals surface area contributed by atoms with Crippen LogP contribution in [0.25, 0.3) is 0 Å². The molecule has 3 atom stereocenters. The Hall–Kier alpha value is -1.65. The smallest absolute Gasteiger partial charge is 0.183 e. The molecule has 2 aromatic carbocycles. The van der Waals surface area contributed by atoms with Gasteiger partial charge in [-0.05, 0) is 24.6 Å². The lowest BCUT2D eigenvalue weighted by molar-refractivity contribution is 0.593. The molecule has 0 bridgehead atoms. The van der Waals surface area contributed by atoms with Crippen molar-refractivity contribution in [3.63, 3.8) is 0 Å². The standard InChI is InChI=1S/C16H17NO2S/c1-11-7-9-13(10-8-11)20(18,19)16-14(15(16)17)12-5-3-2-4-6-12/h2-10,14-16H,17H2,1H3/t14-,15+,16+/m0/s1. The summed E-state index contributed by atoms with van der Waals surface area (Å²) in [7, 11) is -3.35. The summed E-state index contributed by atoms with van der Waals surface area (Å²) in [4.78, 5) is 0.363. The van der Waals surface area contributed by atoms with Gasteiger partial charge in [-0.3, -0.25) is 0 Å². The normalized spacial score (nSPS) is 25.4. The lowest BCUT2D eigenvalue weighted by atomic mass is 10.1. The molecule has 1 fully saturated rings. The zero-order valence-electron chi connectivity index (χ0n) is 11.2. The Balaban J connectivity index is 1.92. The second-order valence-corrected chi connectivity index (χ2v) is 7.44. The highest BCUT2D eigenvalue weighted by molar-refractivity contribution is 7.92. The summed E-state index contributed by atoms with van der Waals surface area (Å²) in [6, 6.07) is 16.3. The van der Waals surface area contributed by atoms with Gasteiger partial charge in [0.25, 0.3) is 0 Å². The van der Waals surface area contributed by atoms with Gasteiger partial charge in [0, 0.05) is 12.0 Å².